The van der Waals surface area contributed by atoms with Crippen molar-refractivity contribution in [2.24, 2.45) is 10.4 Å². The van der Waals surface area contributed by atoms with Gasteiger partial charge in [-0.15, -0.1) is 0 Å². The molecule has 2 N–H and O–H groups in total. The Bertz CT molecular complexity index is 1000. The van der Waals surface area contributed by atoms with Crippen LogP contribution < -0.4 is 10.6 Å². The van der Waals surface area contributed by atoms with Gasteiger partial charge in [0.05, 0.1) is 16.7 Å². The number of anilines is 1. The van der Waals surface area contributed by atoms with Crippen LogP contribution in [0.15, 0.2) is 34.5 Å². The zero-order valence-electron chi connectivity index (χ0n) is 19.0. The average Bonchev–Trinajstić information content (AvgIpc) is 3.31. The Kier molecular flexibility index (Phi) is 5.53. The predicted molar refractivity (Wildman–Crippen MR) is 123 cm³/mol. The molecule has 5 rings (SSSR count). The normalized spacial score (nSPS) is 29.0. The first-order valence-corrected chi connectivity index (χ1v) is 11.8. The highest BCUT2D eigenvalue weighted by atomic mass is 16.5. The van der Waals surface area contributed by atoms with Crippen molar-refractivity contribution in [1.29, 1.82) is 0 Å². The summed E-state index contributed by atoms with van der Waals surface area (Å²) in [4.78, 5) is 31.1. The highest BCUT2D eigenvalue weighted by Crippen LogP contribution is 2.46. The monoisotopic (exact) mass is 436 g/mol. The molecule has 0 radical (unpaired) electrons. The molecule has 0 atom stereocenters. The van der Waals surface area contributed by atoms with E-state index in [9.17, 15) is 9.59 Å². The average molecular weight is 437 g/mol. The van der Waals surface area contributed by atoms with Crippen LogP contribution in [0.25, 0.3) is 0 Å². The van der Waals surface area contributed by atoms with Crippen LogP contribution in [0, 0.1) is 5.41 Å². The third-order valence-corrected chi connectivity index (χ3v) is 7.80. The lowest BCUT2D eigenvalue weighted by atomic mass is 9.71. The van der Waals surface area contributed by atoms with E-state index in [0.717, 1.165) is 63.0 Å². The summed E-state index contributed by atoms with van der Waals surface area (Å²) in [5.74, 6) is 0.956. The van der Waals surface area contributed by atoms with Crippen LogP contribution in [0.2, 0.25) is 0 Å². The third-order valence-electron chi connectivity index (χ3n) is 7.80. The van der Waals surface area contributed by atoms with Gasteiger partial charge in [0.25, 0.3) is 0 Å². The molecule has 1 aromatic carbocycles. The molecular weight excluding hydrogens is 404 g/mol. The van der Waals surface area contributed by atoms with E-state index in [1.807, 2.05) is 11.9 Å². The predicted octanol–water partition coefficient (Wildman–Crippen LogP) is 3.15. The number of nitrogens with one attached hydrogen (secondary N) is 2. The SMILES string of the molecule is CN=C1CCc2cc(CNC3CCC4(CC3)CCN(C3=C(C)C(=O)OC3)C4=O)ccc2N1. The minimum absolute atomic E-state index is 0.195. The van der Waals surface area contributed by atoms with Gasteiger partial charge in [-0.3, -0.25) is 9.79 Å². The molecule has 1 amide bonds. The first-order chi connectivity index (χ1) is 15.5. The van der Waals surface area contributed by atoms with Gasteiger partial charge in [-0.2, -0.15) is 0 Å². The number of benzene rings is 1. The summed E-state index contributed by atoms with van der Waals surface area (Å²) in [7, 11) is 1.83. The minimum atomic E-state index is -0.293. The van der Waals surface area contributed by atoms with E-state index < -0.39 is 0 Å². The Hall–Kier alpha value is -2.67. The molecule has 7 heteroatoms. The Balaban J connectivity index is 1.16. The van der Waals surface area contributed by atoms with E-state index in [-0.39, 0.29) is 23.9 Å². The van der Waals surface area contributed by atoms with Gasteiger partial charge in [0, 0.05) is 38.3 Å². The lowest BCUT2D eigenvalue weighted by Gasteiger charge is -2.36. The summed E-state index contributed by atoms with van der Waals surface area (Å²) >= 11 is 0. The van der Waals surface area contributed by atoms with Gasteiger partial charge in [0.2, 0.25) is 5.91 Å². The van der Waals surface area contributed by atoms with Crippen molar-refractivity contribution in [2.45, 2.75) is 64.5 Å². The Morgan fingerprint density at radius 3 is 2.75 bits per heavy atom. The summed E-state index contributed by atoms with van der Waals surface area (Å²) in [5.41, 5.74) is 4.94. The van der Waals surface area contributed by atoms with Crippen molar-refractivity contribution in [1.82, 2.24) is 10.2 Å². The first kappa shape index (κ1) is 21.2. The molecule has 0 unspecified atom stereocenters. The number of aryl methyl sites for hydroxylation is 1. The molecule has 0 aromatic heterocycles. The van der Waals surface area contributed by atoms with Crippen molar-refractivity contribution in [2.75, 3.05) is 25.5 Å². The zero-order valence-corrected chi connectivity index (χ0v) is 19.0. The molecule has 4 aliphatic rings. The lowest BCUT2D eigenvalue weighted by Crippen LogP contribution is -2.42. The van der Waals surface area contributed by atoms with Crippen molar-refractivity contribution in [3.05, 3.63) is 40.6 Å². The fourth-order valence-corrected chi connectivity index (χ4v) is 5.65. The van der Waals surface area contributed by atoms with Crippen molar-refractivity contribution < 1.29 is 14.3 Å². The van der Waals surface area contributed by atoms with Crippen LogP contribution in [0.4, 0.5) is 5.69 Å². The number of esters is 1. The largest absolute Gasteiger partial charge is 0.456 e. The summed E-state index contributed by atoms with van der Waals surface area (Å²) in [6.07, 6.45) is 6.71. The number of amides is 1. The second-order valence-corrected chi connectivity index (χ2v) is 9.58. The van der Waals surface area contributed by atoms with Crippen molar-refractivity contribution in [3.8, 4) is 0 Å². The molecule has 1 spiro atoms. The third kappa shape index (κ3) is 3.72. The van der Waals surface area contributed by atoms with Gasteiger partial charge in [0.1, 0.15) is 12.4 Å². The van der Waals surface area contributed by atoms with Gasteiger partial charge in [-0.1, -0.05) is 12.1 Å². The van der Waals surface area contributed by atoms with Crippen molar-refractivity contribution >= 4 is 23.4 Å². The number of aliphatic imine (C=N–C) groups is 1. The van der Waals surface area contributed by atoms with E-state index in [0.29, 0.717) is 18.2 Å². The standard InChI is InChI=1S/C25H32N4O3/c1-16-21(15-32-23(16)30)29-12-11-25(24(29)31)9-7-19(8-10-25)27-14-17-3-5-20-18(13-17)4-6-22(26-2)28-20/h3,5,13,19,27H,4,6-12,14-15H2,1-2H3,(H,26,28). The first-order valence-electron chi connectivity index (χ1n) is 11.8. The number of carbonyl (C=O) groups excluding carboxylic acids is 2. The Morgan fingerprint density at radius 1 is 1.22 bits per heavy atom. The van der Waals surface area contributed by atoms with E-state index in [2.05, 4.69) is 33.8 Å². The van der Waals surface area contributed by atoms with Crippen LogP contribution >= 0.6 is 0 Å². The summed E-state index contributed by atoms with van der Waals surface area (Å²) in [6, 6.07) is 7.08. The molecule has 1 aromatic rings. The molecule has 1 saturated carbocycles. The number of hydrogen-bond acceptors (Lipinski definition) is 5. The van der Waals surface area contributed by atoms with E-state index in [1.165, 1.54) is 16.8 Å². The van der Waals surface area contributed by atoms with Gasteiger partial charge >= 0.3 is 5.97 Å². The molecule has 3 heterocycles. The fraction of sp³-hybridized carbons (Fsp3) is 0.560. The molecule has 7 nitrogen and oxygen atoms in total. The number of fused-ring (bicyclic) bond motifs is 1. The van der Waals surface area contributed by atoms with E-state index >= 15 is 0 Å². The second-order valence-electron chi connectivity index (χ2n) is 9.58. The minimum Gasteiger partial charge on any atom is -0.456 e. The number of carbonyl (C=O) groups is 2. The molecule has 0 bridgehead atoms. The lowest BCUT2D eigenvalue weighted by molar-refractivity contribution is -0.138. The highest BCUT2D eigenvalue weighted by Gasteiger charge is 2.50. The number of rotatable bonds is 4. The summed E-state index contributed by atoms with van der Waals surface area (Å²) in [5, 5.41) is 7.13. The van der Waals surface area contributed by atoms with Crippen LogP contribution in [-0.4, -0.2) is 48.9 Å². The maximum Gasteiger partial charge on any atom is 0.336 e. The molecule has 1 saturated heterocycles. The number of nitrogens with zero attached hydrogens (tertiary/aromatic N) is 2. The fourth-order valence-electron chi connectivity index (χ4n) is 5.65. The van der Waals surface area contributed by atoms with Gasteiger partial charge in [-0.05, 0) is 62.6 Å². The van der Waals surface area contributed by atoms with Crippen LogP contribution in [0.1, 0.15) is 56.6 Å². The molecule has 1 aliphatic carbocycles. The van der Waals surface area contributed by atoms with Crippen molar-refractivity contribution in [3.63, 3.8) is 0 Å². The number of cyclic esters (lactones) is 1. The molecule has 2 fully saturated rings. The highest BCUT2D eigenvalue weighted by molar-refractivity contribution is 5.98. The zero-order chi connectivity index (χ0) is 22.3. The Labute approximate surface area is 189 Å². The smallest absolute Gasteiger partial charge is 0.336 e. The Morgan fingerprint density at radius 2 is 2.03 bits per heavy atom. The van der Waals surface area contributed by atoms with Gasteiger partial charge in [0.15, 0.2) is 0 Å². The van der Waals surface area contributed by atoms with E-state index in [1.54, 1.807) is 6.92 Å². The molecule has 3 aliphatic heterocycles. The van der Waals surface area contributed by atoms with Crippen LogP contribution in [0.5, 0.6) is 0 Å². The summed E-state index contributed by atoms with van der Waals surface area (Å²) in [6.45, 7) is 3.55. The van der Waals surface area contributed by atoms with Gasteiger partial charge in [-0.25, -0.2) is 4.79 Å². The van der Waals surface area contributed by atoms with E-state index in [4.69, 9.17) is 4.74 Å². The number of amidine groups is 1. The molecular formula is C25H32N4O3. The maximum absolute atomic E-state index is 13.3. The number of hydrogen-bond donors (Lipinski definition) is 2. The van der Waals surface area contributed by atoms with Crippen LogP contribution in [-0.2, 0) is 27.3 Å². The number of ether oxygens (including phenoxy) is 1. The van der Waals surface area contributed by atoms with Crippen LogP contribution in [0.3, 0.4) is 0 Å². The second kappa shape index (κ2) is 8.35. The topological polar surface area (TPSA) is 83.0 Å². The molecule has 32 heavy (non-hydrogen) atoms. The van der Waals surface area contributed by atoms with Gasteiger partial charge < -0.3 is 20.3 Å². The molecule has 170 valence electrons. The number of likely N-dealkylation sites (tertiary alicyclic amines) is 1. The quantitative estimate of drug-likeness (QED) is 0.709. The summed E-state index contributed by atoms with van der Waals surface area (Å²) < 4.78 is 5.12. The maximum atomic E-state index is 13.3.